The van der Waals surface area contributed by atoms with Gasteiger partial charge >= 0.3 is 5.97 Å². The van der Waals surface area contributed by atoms with E-state index < -0.39 is 5.97 Å². The molecule has 5 heteroatoms. The number of alkyl halides is 1. The molecule has 0 aliphatic rings. The predicted molar refractivity (Wildman–Crippen MR) is 60.7 cm³/mol. The number of carboxylic acid groups (broad SMARTS) is 1. The molecule has 2 aromatic rings. The zero-order chi connectivity index (χ0) is 10.1. The lowest BCUT2D eigenvalue weighted by molar-refractivity contribution is 0.0697. The Bertz CT molecular complexity index is 493. The number of imidazole rings is 1. The first-order valence-electron chi connectivity index (χ1n) is 3.96. The number of aromatic carboxylic acids is 1. The van der Waals surface area contributed by atoms with Gasteiger partial charge in [0.25, 0.3) is 0 Å². The van der Waals surface area contributed by atoms with Gasteiger partial charge in [-0.1, -0.05) is 22.6 Å². The molecule has 0 unspecified atom stereocenters. The van der Waals surface area contributed by atoms with Gasteiger partial charge in [0.1, 0.15) is 0 Å². The van der Waals surface area contributed by atoms with Crippen LogP contribution in [0.25, 0.3) is 11.0 Å². The molecule has 0 saturated heterocycles. The molecule has 14 heavy (non-hydrogen) atoms. The molecule has 1 N–H and O–H groups in total. The Balaban J connectivity index is 2.63. The van der Waals surface area contributed by atoms with Gasteiger partial charge in [-0.3, -0.25) is 0 Å². The number of halogens is 1. The van der Waals surface area contributed by atoms with Gasteiger partial charge in [-0.05, 0) is 18.2 Å². The zero-order valence-corrected chi connectivity index (χ0v) is 9.30. The largest absolute Gasteiger partial charge is 0.478 e. The van der Waals surface area contributed by atoms with E-state index in [1.165, 1.54) is 0 Å². The van der Waals surface area contributed by atoms with Gasteiger partial charge in [-0.25, -0.2) is 9.78 Å². The summed E-state index contributed by atoms with van der Waals surface area (Å²) in [5.41, 5.74) is 1.96. The van der Waals surface area contributed by atoms with Crippen LogP contribution in [0.15, 0.2) is 24.5 Å². The van der Waals surface area contributed by atoms with Crippen molar-refractivity contribution < 1.29 is 9.90 Å². The fraction of sp³-hybridized carbons (Fsp3) is 0.111. The number of benzene rings is 1. The quantitative estimate of drug-likeness (QED) is 0.683. The maximum atomic E-state index is 10.7. The lowest BCUT2D eigenvalue weighted by Crippen LogP contribution is -1.95. The van der Waals surface area contributed by atoms with Crippen LogP contribution < -0.4 is 0 Å². The smallest absolute Gasteiger partial charge is 0.335 e. The Labute approximate surface area is 93.7 Å². The van der Waals surface area contributed by atoms with E-state index in [9.17, 15) is 4.79 Å². The second-order valence-electron chi connectivity index (χ2n) is 2.84. The van der Waals surface area contributed by atoms with Gasteiger partial charge in [0.05, 0.1) is 27.5 Å². The van der Waals surface area contributed by atoms with Gasteiger partial charge in [0, 0.05) is 0 Å². The number of hydrogen-bond donors (Lipinski definition) is 1. The van der Waals surface area contributed by atoms with Crippen LogP contribution in [0.4, 0.5) is 0 Å². The normalized spacial score (nSPS) is 10.6. The van der Waals surface area contributed by atoms with E-state index in [0.717, 1.165) is 15.6 Å². The summed E-state index contributed by atoms with van der Waals surface area (Å²) in [6.07, 6.45) is 1.71. The van der Waals surface area contributed by atoms with Crippen LogP contribution in [0.2, 0.25) is 0 Å². The molecule has 1 aromatic carbocycles. The summed E-state index contributed by atoms with van der Waals surface area (Å²) in [6.45, 7) is 0. The number of carbonyl (C=O) groups is 1. The topological polar surface area (TPSA) is 55.1 Å². The fourth-order valence-electron chi connectivity index (χ4n) is 1.29. The fourth-order valence-corrected chi connectivity index (χ4v) is 1.84. The molecule has 0 bridgehead atoms. The summed E-state index contributed by atoms with van der Waals surface area (Å²) < 4.78 is 2.77. The molecule has 0 fully saturated rings. The molecule has 0 radical (unpaired) electrons. The SMILES string of the molecule is O=C(O)c1ccc2c(c1)ncn2CI. The Morgan fingerprint density at radius 2 is 2.36 bits per heavy atom. The standard InChI is InChI=1S/C9H7IN2O2/c10-4-12-5-11-7-3-6(9(13)14)1-2-8(7)12/h1-3,5H,4H2,(H,13,14). The van der Waals surface area contributed by atoms with Crippen LogP contribution in [0.5, 0.6) is 0 Å². The average molecular weight is 302 g/mol. The second-order valence-corrected chi connectivity index (χ2v) is 3.52. The van der Waals surface area contributed by atoms with Gasteiger partial charge in [0.2, 0.25) is 0 Å². The van der Waals surface area contributed by atoms with E-state index >= 15 is 0 Å². The van der Waals surface area contributed by atoms with E-state index in [1.807, 2.05) is 4.57 Å². The third-order valence-corrected chi connectivity index (χ3v) is 2.73. The number of nitrogens with zero attached hydrogens (tertiary/aromatic N) is 2. The molecule has 2 rings (SSSR count). The number of aromatic nitrogens is 2. The summed E-state index contributed by atoms with van der Waals surface area (Å²) in [5.74, 6) is -0.920. The Hall–Kier alpha value is -1.11. The molecular formula is C9H7IN2O2. The molecule has 0 aliphatic heterocycles. The number of hydrogen-bond acceptors (Lipinski definition) is 2. The van der Waals surface area contributed by atoms with Crippen molar-refractivity contribution >= 4 is 39.6 Å². The molecule has 1 aromatic heterocycles. The molecule has 0 aliphatic carbocycles. The van der Waals surface area contributed by atoms with Crippen molar-refractivity contribution in [2.24, 2.45) is 0 Å². The first kappa shape index (κ1) is 9.45. The maximum Gasteiger partial charge on any atom is 0.335 e. The summed E-state index contributed by atoms with van der Waals surface area (Å²) in [5, 5.41) is 8.77. The minimum absolute atomic E-state index is 0.274. The van der Waals surface area contributed by atoms with E-state index in [-0.39, 0.29) is 5.56 Å². The van der Waals surface area contributed by atoms with Crippen molar-refractivity contribution in [3.8, 4) is 0 Å². The monoisotopic (exact) mass is 302 g/mol. The number of rotatable bonds is 2. The lowest BCUT2D eigenvalue weighted by Gasteiger charge is -1.97. The Morgan fingerprint density at radius 1 is 1.57 bits per heavy atom. The highest BCUT2D eigenvalue weighted by Gasteiger charge is 2.06. The van der Waals surface area contributed by atoms with E-state index in [1.54, 1.807) is 24.5 Å². The minimum Gasteiger partial charge on any atom is -0.478 e. The summed E-state index contributed by atoms with van der Waals surface area (Å²) in [7, 11) is 0. The summed E-state index contributed by atoms with van der Waals surface area (Å²) >= 11 is 2.23. The third kappa shape index (κ3) is 1.47. The van der Waals surface area contributed by atoms with Crippen molar-refractivity contribution in [3.05, 3.63) is 30.1 Å². The highest BCUT2D eigenvalue weighted by Crippen LogP contribution is 2.15. The summed E-state index contributed by atoms with van der Waals surface area (Å²) in [4.78, 5) is 14.8. The van der Waals surface area contributed by atoms with Crippen LogP contribution in [-0.4, -0.2) is 20.6 Å². The number of fused-ring (bicyclic) bond motifs is 1. The Morgan fingerprint density at radius 3 is 3.00 bits per heavy atom. The van der Waals surface area contributed by atoms with E-state index in [4.69, 9.17) is 5.11 Å². The van der Waals surface area contributed by atoms with Gasteiger partial charge in [-0.2, -0.15) is 0 Å². The van der Waals surface area contributed by atoms with Crippen LogP contribution in [0, 0.1) is 0 Å². The van der Waals surface area contributed by atoms with Gasteiger partial charge in [-0.15, -0.1) is 0 Å². The third-order valence-electron chi connectivity index (χ3n) is 2.00. The predicted octanol–water partition coefficient (Wildman–Crippen LogP) is 2.13. The highest BCUT2D eigenvalue weighted by atomic mass is 127. The Kier molecular flexibility index (Phi) is 2.40. The number of carboxylic acids is 1. The lowest BCUT2D eigenvalue weighted by atomic mass is 10.2. The minimum atomic E-state index is -0.920. The first-order valence-corrected chi connectivity index (χ1v) is 5.49. The van der Waals surface area contributed by atoms with Gasteiger partial charge < -0.3 is 9.67 Å². The average Bonchev–Trinajstić information content (AvgIpc) is 2.59. The second kappa shape index (κ2) is 3.56. The van der Waals surface area contributed by atoms with Crippen LogP contribution >= 0.6 is 22.6 Å². The molecule has 0 amide bonds. The molecule has 0 spiro atoms. The van der Waals surface area contributed by atoms with Crippen molar-refractivity contribution in [1.29, 1.82) is 0 Å². The van der Waals surface area contributed by atoms with Gasteiger partial charge in [0.15, 0.2) is 0 Å². The van der Waals surface area contributed by atoms with Crippen molar-refractivity contribution in [2.75, 3.05) is 0 Å². The van der Waals surface area contributed by atoms with Crippen LogP contribution in [-0.2, 0) is 4.55 Å². The van der Waals surface area contributed by atoms with Crippen LogP contribution in [0.3, 0.4) is 0 Å². The molecule has 1 heterocycles. The summed E-state index contributed by atoms with van der Waals surface area (Å²) in [6, 6.07) is 4.96. The van der Waals surface area contributed by atoms with Crippen molar-refractivity contribution in [2.45, 2.75) is 4.55 Å². The maximum absolute atomic E-state index is 10.7. The van der Waals surface area contributed by atoms with E-state index in [2.05, 4.69) is 27.6 Å². The molecule has 0 saturated carbocycles. The first-order chi connectivity index (χ1) is 6.72. The molecule has 4 nitrogen and oxygen atoms in total. The van der Waals surface area contributed by atoms with E-state index in [0.29, 0.717) is 0 Å². The molecular weight excluding hydrogens is 295 g/mol. The van der Waals surface area contributed by atoms with Crippen molar-refractivity contribution in [3.63, 3.8) is 0 Å². The van der Waals surface area contributed by atoms with Crippen LogP contribution in [0.1, 0.15) is 10.4 Å². The highest BCUT2D eigenvalue weighted by molar-refractivity contribution is 14.1. The molecule has 72 valence electrons. The van der Waals surface area contributed by atoms with Crippen molar-refractivity contribution in [1.82, 2.24) is 9.55 Å². The molecule has 0 atom stereocenters. The zero-order valence-electron chi connectivity index (χ0n) is 7.14.